The Balaban J connectivity index is 1.81. The van der Waals surface area contributed by atoms with E-state index in [0.29, 0.717) is 24.7 Å². The van der Waals surface area contributed by atoms with Gasteiger partial charge < -0.3 is 14.8 Å². The lowest BCUT2D eigenvalue weighted by Gasteiger charge is -2.11. The Morgan fingerprint density at radius 1 is 1.07 bits per heavy atom. The molecule has 8 heteroatoms. The second-order valence-electron chi connectivity index (χ2n) is 5.85. The maximum Gasteiger partial charge on any atom is 0.254 e. The molecule has 0 saturated heterocycles. The van der Waals surface area contributed by atoms with Crippen LogP contribution in [0.15, 0.2) is 47.6 Å². The number of ether oxygens (including phenoxy) is 2. The number of amides is 2. The molecule has 7 nitrogen and oxygen atoms in total. The molecule has 2 aromatic carbocycles. The normalized spacial score (nSPS) is 10.6. The Morgan fingerprint density at radius 2 is 1.79 bits per heavy atom. The third-order valence-corrected chi connectivity index (χ3v) is 3.73. The number of halogens is 1. The topological polar surface area (TPSA) is 89.0 Å². The van der Waals surface area contributed by atoms with Gasteiger partial charge in [0.05, 0.1) is 25.0 Å². The summed E-state index contributed by atoms with van der Waals surface area (Å²) >= 11 is 0. The first-order chi connectivity index (χ1) is 14.0. The van der Waals surface area contributed by atoms with Gasteiger partial charge in [-0.3, -0.25) is 9.59 Å². The average molecular weight is 401 g/mol. The monoisotopic (exact) mass is 401 g/mol. The highest BCUT2D eigenvalue weighted by atomic mass is 19.1. The van der Waals surface area contributed by atoms with Crippen LogP contribution in [0, 0.1) is 5.82 Å². The van der Waals surface area contributed by atoms with Crippen LogP contribution >= 0.6 is 0 Å². The van der Waals surface area contributed by atoms with Crippen LogP contribution in [0.2, 0.25) is 0 Å². The van der Waals surface area contributed by atoms with Crippen LogP contribution in [0.4, 0.5) is 4.39 Å². The molecule has 29 heavy (non-hydrogen) atoms. The third-order valence-electron chi connectivity index (χ3n) is 3.73. The number of rotatable bonds is 10. The Labute approximate surface area is 168 Å². The average Bonchev–Trinajstić information content (AvgIpc) is 2.70. The number of hydrogen-bond acceptors (Lipinski definition) is 5. The van der Waals surface area contributed by atoms with Crippen molar-refractivity contribution < 1.29 is 23.5 Å². The van der Waals surface area contributed by atoms with Gasteiger partial charge in [-0.15, -0.1) is 0 Å². The third kappa shape index (κ3) is 6.91. The van der Waals surface area contributed by atoms with Crippen molar-refractivity contribution in [2.75, 3.05) is 19.8 Å². The molecule has 0 atom stereocenters. The molecule has 0 saturated carbocycles. The van der Waals surface area contributed by atoms with Crippen molar-refractivity contribution in [2.45, 2.75) is 20.3 Å². The smallest absolute Gasteiger partial charge is 0.254 e. The minimum Gasteiger partial charge on any atom is -0.490 e. The van der Waals surface area contributed by atoms with Gasteiger partial charge in [0, 0.05) is 13.0 Å². The molecule has 0 bridgehead atoms. The molecular weight excluding hydrogens is 377 g/mol. The molecule has 154 valence electrons. The van der Waals surface area contributed by atoms with Crippen molar-refractivity contribution in [3.05, 3.63) is 59.4 Å². The van der Waals surface area contributed by atoms with E-state index in [-0.39, 0.29) is 24.4 Å². The summed E-state index contributed by atoms with van der Waals surface area (Å²) in [5, 5.41) is 6.39. The van der Waals surface area contributed by atoms with Gasteiger partial charge in [-0.2, -0.15) is 5.10 Å². The zero-order valence-electron chi connectivity index (χ0n) is 16.4. The van der Waals surface area contributed by atoms with Gasteiger partial charge in [-0.1, -0.05) is 12.1 Å². The van der Waals surface area contributed by atoms with Crippen molar-refractivity contribution in [1.29, 1.82) is 0 Å². The molecule has 2 rings (SSSR count). The number of hydrogen-bond donors (Lipinski definition) is 2. The van der Waals surface area contributed by atoms with E-state index in [4.69, 9.17) is 9.47 Å². The lowest BCUT2D eigenvalue weighted by atomic mass is 10.2. The van der Waals surface area contributed by atoms with Crippen LogP contribution in [0.25, 0.3) is 0 Å². The first-order valence-corrected chi connectivity index (χ1v) is 9.29. The lowest BCUT2D eigenvalue weighted by molar-refractivity contribution is -0.120. The van der Waals surface area contributed by atoms with Gasteiger partial charge >= 0.3 is 0 Å². The Kier molecular flexibility index (Phi) is 8.62. The highest BCUT2D eigenvalue weighted by Crippen LogP contribution is 2.27. The number of carbonyl (C=O) groups excluding carboxylic acids is 2. The number of carbonyl (C=O) groups is 2. The van der Waals surface area contributed by atoms with Crippen molar-refractivity contribution in [3.63, 3.8) is 0 Å². The quantitative estimate of drug-likeness (QED) is 0.473. The summed E-state index contributed by atoms with van der Waals surface area (Å²) in [5.74, 6) is -0.328. The molecule has 0 aliphatic carbocycles. The van der Waals surface area contributed by atoms with Crippen LogP contribution in [0.5, 0.6) is 11.5 Å². The summed E-state index contributed by atoms with van der Waals surface area (Å²) in [7, 11) is 0. The van der Waals surface area contributed by atoms with Gasteiger partial charge in [0.2, 0.25) is 5.91 Å². The van der Waals surface area contributed by atoms with E-state index in [1.54, 1.807) is 24.3 Å². The molecule has 0 aliphatic heterocycles. The van der Waals surface area contributed by atoms with E-state index < -0.39 is 11.7 Å². The van der Waals surface area contributed by atoms with Crippen LogP contribution in [-0.2, 0) is 4.79 Å². The highest BCUT2D eigenvalue weighted by molar-refractivity contribution is 5.94. The van der Waals surface area contributed by atoms with Crippen molar-refractivity contribution in [1.82, 2.24) is 10.7 Å². The summed E-state index contributed by atoms with van der Waals surface area (Å²) in [6.45, 7) is 4.85. The number of nitrogens with one attached hydrogen (secondary N) is 2. The van der Waals surface area contributed by atoms with E-state index in [2.05, 4.69) is 15.8 Å². The van der Waals surface area contributed by atoms with E-state index in [1.165, 1.54) is 24.4 Å². The molecule has 0 spiro atoms. The predicted molar refractivity (Wildman–Crippen MR) is 108 cm³/mol. The predicted octanol–water partition coefficient (Wildman–Crippen LogP) is 2.89. The van der Waals surface area contributed by atoms with Crippen LogP contribution in [0.3, 0.4) is 0 Å². The fourth-order valence-electron chi connectivity index (χ4n) is 2.41. The Bertz CT molecular complexity index is 871. The van der Waals surface area contributed by atoms with Crippen LogP contribution < -0.4 is 20.2 Å². The zero-order chi connectivity index (χ0) is 21.1. The van der Waals surface area contributed by atoms with Crippen molar-refractivity contribution in [3.8, 4) is 11.5 Å². The first kappa shape index (κ1) is 21.9. The zero-order valence-corrected chi connectivity index (χ0v) is 16.4. The van der Waals surface area contributed by atoms with Crippen LogP contribution in [-0.4, -0.2) is 37.8 Å². The van der Waals surface area contributed by atoms with Gasteiger partial charge in [0.1, 0.15) is 5.82 Å². The second kappa shape index (κ2) is 11.4. The number of nitrogens with zero attached hydrogens (tertiary/aromatic N) is 1. The molecule has 0 aliphatic rings. The molecule has 2 amide bonds. The summed E-state index contributed by atoms with van der Waals surface area (Å²) < 4.78 is 24.6. The van der Waals surface area contributed by atoms with Gasteiger partial charge in [-0.05, 0) is 49.7 Å². The summed E-state index contributed by atoms with van der Waals surface area (Å²) in [6, 6.07) is 11.0. The molecule has 0 unspecified atom stereocenters. The molecule has 0 fully saturated rings. The molecule has 2 aromatic rings. The van der Waals surface area contributed by atoms with E-state index in [0.717, 1.165) is 5.56 Å². The minimum atomic E-state index is -0.610. The van der Waals surface area contributed by atoms with Crippen molar-refractivity contribution >= 4 is 18.0 Å². The highest BCUT2D eigenvalue weighted by Gasteiger charge is 2.10. The van der Waals surface area contributed by atoms with E-state index >= 15 is 0 Å². The fourth-order valence-corrected chi connectivity index (χ4v) is 2.41. The lowest BCUT2D eigenvalue weighted by Crippen LogP contribution is -2.29. The largest absolute Gasteiger partial charge is 0.490 e. The van der Waals surface area contributed by atoms with Crippen molar-refractivity contribution in [2.24, 2.45) is 5.10 Å². The standard InChI is InChI=1S/C21H24FN3O4/c1-3-28-18-10-9-15(13-19(18)29-4-2)14-24-25-20(26)11-12-23-21(27)16-7-5-6-8-17(16)22/h5-10,13-14H,3-4,11-12H2,1-2H3,(H,23,27)(H,25,26). The number of benzene rings is 2. The first-order valence-electron chi connectivity index (χ1n) is 9.29. The number of hydrazone groups is 1. The molecule has 0 heterocycles. The summed E-state index contributed by atoms with van der Waals surface area (Å²) in [6.07, 6.45) is 1.49. The SMILES string of the molecule is CCOc1ccc(C=NNC(=O)CCNC(=O)c2ccccc2F)cc1OCC. The second-order valence-corrected chi connectivity index (χ2v) is 5.85. The van der Waals surface area contributed by atoms with Gasteiger partial charge in [-0.25, -0.2) is 9.82 Å². The van der Waals surface area contributed by atoms with E-state index in [1.807, 2.05) is 13.8 Å². The van der Waals surface area contributed by atoms with E-state index in [9.17, 15) is 14.0 Å². The Hall–Kier alpha value is -3.42. The summed E-state index contributed by atoms with van der Waals surface area (Å²) in [4.78, 5) is 23.7. The molecule has 2 N–H and O–H groups in total. The molecule has 0 radical (unpaired) electrons. The minimum absolute atomic E-state index is 0.00497. The fraction of sp³-hybridized carbons (Fsp3) is 0.286. The van der Waals surface area contributed by atoms with Gasteiger partial charge in [0.25, 0.3) is 5.91 Å². The van der Waals surface area contributed by atoms with Gasteiger partial charge in [0.15, 0.2) is 11.5 Å². The maximum atomic E-state index is 13.5. The molecule has 0 aromatic heterocycles. The summed E-state index contributed by atoms with van der Waals surface area (Å²) in [5.41, 5.74) is 3.04. The molecular formula is C21H24FN3O4. The maximum absolute atomic E-state index is 13.5. The van der Waals surface area contributed by atoms with Crippen LogP contribution in [0.1, 0.15) is 36.2 Å². The Morgan fingerprint density at radius 3 is 2.52 bits per heavy atom.